The fourth-order valence-electron chi connectivity index (χ4n) is 6.41. The molecule has 2 unspecified atom stereocenters. The molecule has 2 amide bonds. The molecule has 2 heterocycles. The van der Waals surface area contributed by atoms with Crippen molar-refractivity contribution in [1.29, 1.82) is 0 Å². The topological polar surface area (TPSA) is 60.9 Å². The van der Waals surface area contributed by atoms with Gasteiger partial charge in [0.25, 0.3) is 11.8 Å². The summed E-state index contributed by atoms with van der Waals surface area (Å²) in [5, 5.41) is 10.6. The third-order valence-corrected chi connectivity index (χ3v) is 8.93. The number of hydrogen-bond donors (Lipinski definition) is 1. The fraction of sp³-hybridized carbons (Fsp3) is 0.448. The summed E-state index contributed by atoms with van der Waals surface area (Å²) >= 11 is 0. The number of phenolic OH excluding ortho intramolecular Hbond substituents is 1. The lowest BCUT2D eigenvalue weighted by molar-refractivity contribution is -0.0266. The number of phenols is 1. The van der Waals surface area contributed by atoms with Crippen molar-refractivity contribution < 1.29 is 14.7 Å². The molecule has 0 saturated carbocycles. The first-order valence-electron chi connectivity index (χ1n) is 12.2. The van der Waals surface area contributed by atoms with Crippen LogP contribution in [0, 0.1) is 17.8 Å². The van der Waals surface area contributed by atoms with Crippen LogP contribution in [0.3, 0.4) is 0 Å². The predicted octanol–water partition coefficient (Wildman–Crippen LogP) is 4.36. The van der Waals surface area contributed by atoms with Crippen LogP contribution in [0.5, 0.6) is 5.75 Å². The molecule has 5 rings (SSSR count). The number of likely N-dealkylation sites (tertiary alicyclic amines) is 2. The summed E-state index contributed by atoms with van der Waals surface area (Å²) in [7, 11) is 0. The van der Waals surface area contributed by atoms with Gasteiger partial charge in [-0.3, -0.25) is 9.59 Å². The van der Waals surface area contributed by atoms with E-state index in [1.165, 1.54) is 5.56 Å². The van der Waals surface area contributed by atoms with Crippen molar-refractivity contribution in [2.45, 2.75) is 57.9 Å². The zero-order valence-corrected chi connectivity index (χ0v) is 20.2. The number of benzene rings is 2. The normalized spacial score (nSPS) is 24.9. The van der Waals surface area contributed by atoms with Crippen LogP contribution in [-0.4, -0.2) is 52.4 Å². The Morgan fingerprint density at radius 3 is 2.50 bits per heavy atom. The number of amides is 2. The highest BCUT2D eigenvalue weighted by Crippen LogP contribution is 2.57. The predicted molar refractivity (Wildman–Crippen MR) is 132 cm³/mol. The van der Waals surface area contributed by atoms with Gasteiger partial charge in [-0.2, -0.15) is 0 Å². The quantitative estimate of drug-likeness (QED) is 0.683. The maximum Gasteiger partial charge on any atom is 0.255 e. The summed E-state index contributed by atoms with van der Waals surface area (Å²) in [6, 6.07) is 10.9. The highest BCUT2D eigenvalue weighted by molar-refractivity contribution is 6.00. The Morgan fingerprint density at radius 2 is 1.79 bits per heavy atom. The lowest BCUT2D eigenvalue weighted by Gasteiger charge is -2.60. The van der Waals surface area contributed by atoms with E-state index in [4.69, 9.17) is 6.42 Å². The second kappa shape index (κ2) is 7.91. The molecule has 2 saturated heterocycles. The first-order chi connectivity index (χ1) is 16.2. The number of hydrogen-bond acceptors (Lipinski definition) is 3. The zero-order valence-electron chi connectivity index (χ0n) is 20.2. The molecule has 34 heavy (non-hydrogen) atoms. The van der Waals surface area contributed by atoms with Gasteiger partial charge in [-0.1, -0.05) is 38.8 Å². The molecular weight excluding hydrogens is 424 g/mol. The molecule has 1 aliphatic carbocycles. The summed E-state index contributed by atoms with van der Waals surface area (Å²) in [4.78, 5) is 30.5. The van der Waals surface area contributed by atoms with Crippen LogP contribution in [0.2, 0.25) is 0 Å². The molecular formula is C29H32N2O3. The Balaban J connectivity index is 1.49. The van der Waals surface area contributed by atoms with E-state index in [9.17, 15) is 14.7 Å². The number of carbonyl (C=O) groups excluding carboxylic acids is 2. The molecule has 0 spiro atoms. The van der Waals surface area contributed by atoms with E-state index < -0.39 is 0 Å². The third-order valence-electron chi connectivity index (χ3n) is 8.93. The maximum atomic E-state index is 13.8. The molecule has 2 fully saturated rings. The van der Waals surface area contributed by atoms with Crippen molar-refractivity contribution in [3.8, 4) is 18.1 Å². The minimum absolute atomic E-state index is 0.0558. The Kier molecular flexibility index (Phi) is 5.24. The van der Waals surface area contributed by atoms with E-state index >= 15 is 0 Å². The Bertz CT molecular complexity index is 1220. The van der Waals surface area contributed by atoms with E-state index in [1.54, 1.807) is 24.3 Å². The number of nitrogens with zero attached hydrogens (tertiary/aromatic N) is 2. The Hall–Kier alpha value is -3.26. The van der Waals surface area contributed by atoms with Gasteiger partial charge in [0.05, 0.1) is 5.56 Å². The van der Waals surface area contributed by atoms with E-state index in [1.807, 2.05) is 15.9 Å². The standard InChI is InChI=1S/C29H32N2O3/c1-5-19-17-20(11-12-21(19)27(34)30-14-6-7-15-30)26(33)31-16-13-29(4)23-9-8-10-24(32)22(23)18-25(31)28(29,2)3/h1,8-12,17,25,32H,6-7,13-16,18H2,2-4H3. The largest absolute Gasteiger partial charge is 0.508 e. The number of piperidine rings is 1. The maximum absolute atomic E-state index is 13.8. The van der Waals surface area contributed by atoms with Gasteiger partial charge in [0, 0.05) is 42.2 Å². The van der Waals surface area contributed by atoms with Crippen molar-refractivity contribution in [2.75, 3.05) is 19.6 Å². The van der Waals surface area contributed by atoms with Crippen molar-refractivity contribution in [1.82, 2.24) is 9.80 Å². The second-order valence-corrected chi connectivity index (χ2v) is 10.7. The molecule has 3 aliphatic rings. The van der Waals surface area contributed by atoms with Gasteiger partial charge in [-0.25, -0.2) is 0 Å². The van der Waals surface area contributed by atoms with Crippen LogP contribution in [0.15, 0.2) is 36.4 Å². The number of fused-ring (bicyclic) bond motifs is 4. The van der Waals surface area contributed by atoms with Crippen LogP contribution < -0.4 is 0 Å². The summed E-state index contributed by atoms with van der Waals surface area (Å²) in [5.74, 6) is 2.81. The summed E-state index contributed by atoms with van der Waals surface area (Å²) in [6.45, 7) is 8.86. The van der Waals surface area contributed by atoms with Crippen LogP contribution in [0.4, 0.5) is 0 Å². The molecule has 1 N–H and O–H groups in total. The van der Waals surface area contributed by atoms with Gasteiger partial charge in [-0.15, -0.1) is 6.42 Å². The summed E-state index contributed by atoms with van der Waals surface area (Å²) in [5.41, 5.74) is 3.29. The average Bonchev–Trinajstić information content (AvgIpc) is 3.36. The average molecular weight is 457 g/mol. The minimum Gasteiger partial charge on any atom is -0.508 e. The molecule has 176 valence electrons. The second-order valence-electron chi connectivity index (χ2n) is 10.7. The van der Waals surface area contributed by atoms with Crippen LogP contribution >= 0.6 is 0 Å². The zero-order chi connectivity index (χ0) is 24.3. The highest BCUT2D eigenvalue weighted by atomic mass is 16.3. The van der Waals surface area contributed by atoms with Crippen molar-refractivity contribution >= 4 is 11.8 Å². The third kappa shape index (κ3) is 3.15. The van der Waals surface area contributed by atoms with E-state index in [0.29, 0.717) is 35.4 Å². The van der Waals surface area contributed by atoms with Gasteiger partial charge in [0.2, 0.25) is 0 Å². The van der Waals surface area contributed by atoms with E-state index in [0.717, 1.165) is 37.9 Å². The Morgan fingerprint density at radius 1 is 1.06 bits per heavy atom. The number of rotatable bonds is 2. The number of aromatic hydroxyl groups is 1. The van der Waals surface area contributed by atoms with Crippen LogP contribution in [0.1, 0.15) is 77.4 Å². The fourth-order valence-corrected chi connectivity index (χ4v) is 6.41. The summed E-state index contributed by atoms with van der Waals surface area (Å²) in [6.07, 6.45) is 9.22. The molecule has 2 aromatic rings. The van der Waals surface area contributed by atoms with Crippen molar-refractivity contribution in [2.24, 2.45) is 5.41 Å². The van der Waals surface area contributed by atoms with E-state index in [-0.39, 0.29) is 28.7 Å². The van der Waals surface area contributed by atoms with Gasteiger partial charge < -0.3 is 14.9 Å². The highest BCUT2D eigenvalue weighted by Gasteiger charge is 2.57. The number of terminal acetylenes is 1. The van der Waals surface area contributed by atoms with Gasteiger partial charge in [0.15, 0.2) is 0 Å². The van der Waals surface area contributed by atoms with E-state index in [2.05, 4.69) is 32.8 Å². The summed E-state index contributed by atoms with van der Waals surface area (Å²) < 4.78 is 0. The van der Waals surface area contributed by atoms with Crippen LogP contribution in [-0.2, 0) is 11.8 Å². The molecule has 2 aliphatic heterocycles. The smallest absolute Gasteiger partial charge is 0.255 e. The molecule has 2 aromatic carbocycles. The van der Waals surface area contributed by atoms with Crippen molar-refractivity contribution in [3.05, 3.63) is 64.2 Å². The van der Waals surface area contributed by atoms with Gasteiger partial charge >= 0.3 is 0 Å². The van der Waals surface area contributed by atoms with Gasteiger partial charge in [-0.05, 0) is 66.5 Å². The first-order valence-corrected chi connectivity index (χ1v) is 12.2. The molecule has 5 nitrogen and oxygen atoms in total. The number of carbonyl (C=O) groups is 2. The molecule has 5 heteroatoms. The van der Waals surface area contributed by atoms with Crippen LogP contribution in [0.25, 0.3) is 0 Å². The molecule has 0 radical (unpaired) electrons. The minimum atomic E-state index is -0.178. The first kappa shape index (κ1) is 22.5. The lowest BCUT2D eigenvalue weighted by atomic mass is 9.51. The molecule has 2 bridgehead atoms. The molecule has 2 atom stereocenters. The SMILES string of the molecule is C#Cc1cc(C(=O)N2CCC3(C)c4cccc(O)c4CC2C3(C)C)ccc1C(=O)N1CCCC1. The Labute approximate surface area is 201 Å². The van der Waals surface area contributed by atoms with Crippen molar-refractivity contribution in [3.63, 3.8) is 0 Å². The lowest BCUT2D eigenvalue weighted by Crippen LogP contribution is -2.64. The monoisotopic (exact) mass is 456 g/mol. The molecule has 0 aromatic heterocycles. The van der Waals surface area contributed by atoms with Gasteiger partial charge in [0.1, 0.15) is 5.75 Å².